The minimum Gasteiger partial charge on any atom is -0.387 e. The predicted octanol–water partition coefficient (Wildman–Crippen LogP) is 0.768. The smallest absolute Gasteiger partial charge is 0.256 e. The number of hydrogen-bond donors (Lipinski definition) is 1. The molecule has 3 rings (SSSR count). The van der Waals surface area contributed by atoms with Crippen molar-refractivity contribution >= 4 is 16.9 Å². The van der Waals surface area contributed by atoms with E-state index in [9.17, 15) is 9.90 Å². The number of hydrogen-bond acceptors (Lipinski definition) is 5. The van der Waals surface area contributed by atoms with Crippen LogP contribution in [0.5, 0.6) is 0 Å². The summed E-state index contributed by atoms with van der Waals surface area (Å²) in [6.45, 7) is 1.45. The van der Waals surface area contributed by atoms with Gasteiger partial charge >= 0.3 is 0 Å². The molecular formula is C16H20N4O2. The maximum Gasteiger partial charge on any atom is 0.256 e. The van der Waals surface area contributed by atoms with Crippen LogP contribution in [0.3, 0.4) is 0 Å². The molecule has 1 atom stereocenters. The third-order valence-electron chi connectivity index (χ3n) is 3.96. The van der Waals surface area contributed by atoms with Gasteiger partial charge in [-0.1, -0.05) is 6.07 Å². The molecule has 2 aromatic rings. The number of aliphatic hydroxyl groups is 1. The van der Waals surface area contributed by atoms with Crippen LogP contribution in [0.25, 0.3) is 11.0 Å². The van der Waals surface area contributed by atoms with Gasteiger partial charge in [0.1, 0.15) is 5.52 Å². The lowest BCUT2D eigenvalue weighted by Crippen LogP contribution is -2.43. The molecule has 1 amide bonds. The van der Waals surface area contributed by atoms with Crippen molar-refractivity contribution in [1.82, 2.24) is 19.8 Å². The molecule has 0 radical (unpaired) electrons. The standard InChI is InChI=1S/C16H20N4O2/c1-19(2)10-16(22)6-9-20(11-16)15(21)12-4-3-5-13-14(12)18-8-7-17-13/h3-5,7-8,22H,6,9-11H2,1-2H3/t16-/m0/s1. The minimum atomic E-state index is -0.838. The fraction of sp³-hybridized carbons (Fsp3) is 0.438. The van der Waals surface area contributed by atoms with E-state index in [-0.39, 0.29) is 5.91 Å². The molecule has 1 aromatic heterocycles. The number of likely N-dealkylation sites (tertiary alicyclic amines) is 1. The highest BCUT2D eigenvalue weighted by atomic mass is 16.3. The Kier molecular flexibility index (Phi) is 3.80. The Morgan fingerprint density at radius 2 is 2.14 bits per heavy atom. The molecule has 0 spiro atoms. The average Bonchev–Trinajstić information content (AvgIpc) is 2.87. The largest absolute Gasteiger partial charge is 0.387 e. The maximum absolute atomic E-state index is 12.8. The van der Waals surface area contributed by atoms with Crippen molar-refractivity contribution in [3.05, 3.63) is 36.2 Å². The summed E-state index contributed by atoms with van der Waals surface area (Å²) in [6, 6.07) is 5.42. The number of amides is 1. The molecule has 0 unspecified atom stereocenters. The molecule has 6 nitrogen and oxygen atoms in total. The normalized spacial score (nSPS) is 21.7. The summed E-state index contributed by atoms with van der Waals surface area (Å²) in [6.07, 6.45) is 3.79. The lowest BCUT2D eigenvalue weighted by atomic mass is 10.0. The van der Waals surface area contributed by atoms with E-state index >= 15 is 0 Å². The number of para-hydroxylation sites is 1. The molecule has 22 heavy (non-hydrogen) atoms. The molecule has 116 valence electrons. The van der Waals surface area contributed by atoms with E-state index in [1.54, 1.807) is 23.4 Å². The van der Waals surface area contributed by atoms with Gasteiger partial charge in [-0.3, -0.25) is 14.8 Å². The summed E-state index contributed by atoms with van der Waals surface area (Å²) in [5, 5.41) is 10.6. The van der Waals surface area contributed by atoms with Crippen molar-refractivity contribution in [3.63, 3.8) is 0 Å². The van der Waals surface area contributed by atoms with Gasteiger partial charge in [-0.05, 0) is 32.6 Å². The van der Waals surface area contributed by atoms with Crippen LogP contribution < -0.4 is 0 Å². The number of fused-ring (bicyclic) bond motifs is 1. The summed E-state index contributed by atoms with van der Waals surface area (Å²) < 4.78 is 0. The quantitative estimate of drug-likeness (QED) is 0.906. The van der Waals surface area contributed by atoms with Gasteiger partial charge in [-0.15, -0.1) is 0 Å². The van der Waals surface area contributed by atoms with Gasteiger partial charge in [0.05, 0.1) is 23.2 Å². The van der Waals surface area contributed by atoms with E-state index in [4.69, 9.17) is 0 Å². The van der Waals surface area contributed by atoms with E-state index in [0.29, 0.717) is 42.7 Å². The van der Waals surface area contributed by atoms with Crippen molar-refractivity contribution in [2.75, 3.05) is 33.7 Å². The summed E-state index contributed by atoms with van der Waals surface area (Å²) in [5.74, 6) is -0.0965. The number of carbonyl (C=O) groups is 1. The highest BCUT2D eigenvalue weighted by Gasteiger charge is 2.39. The van der Waals surface area contributed by atoms with Crippen LogP contribution in [0.2, 0.25) is 0 Å². The molecule has 1 aromatic carbocycles. The van der Waals surface area contributed by atoms with E-state index in [1.807, 2.05) is 31.1 Å². The number of benzene rings is 1. The van der Waals surface area contributed by atoms with Gasteiger partial charge in [-0.25, -0.2) is 0 Å². The first-order chi connectivity index (χ1) is 10.5. The van der Waals surface area contributed by atoms with Crippen LogP contribution >= 0.6 is 0 Å². The van der Waals surface area contributed by atoms with Crippen molar-refractivity contribution < 1.29 is 9.90 Å². The zero-order valence-corrected chi connectivity index (χ0v) is 12.9. The van der Waals surface area contributed by atoms with Crippen molar-refractivity contribution in [3.8, 4) is 0 Å². The molecule has 1 saturated heterocycles. The second-order valence-corrected chi connectivity index (χ2v) is 6.17. The lowest BCUT2D eigenvalue weighted by Gasteiger charge is -2.26. The Morgan fingerprint density at radius 1 is 1.36 bits per heavy atom. The van der Waals surface area contributed by atoms with Crippen LogP contribution in [0.15, 0.2) is 30.6 Å². The third-order valence-corrected chi connectivity index (χ3v) is 3.96. The van der Waals surface area contributed by atoms with Gasteiger partial charge in [-0.2, -0.15) is 0 Å². The predicted molar refractivity (Wildman–Crippen MR) is 83.6 cm³/mol. The van der Waals surface area contributed by atoms with E-state index in [1.165, 1.54) is 0 Å². The summed E-state index contributed by atoms with van der Waals surface area (Å²) in [4.78, 5) is 24.9. The number of carbonyl (C=O) groups excluding carboxylic acids is 1. The second-order valence-electron chi connectivity index (χ2n) is 6.17. The number of β-amino-alcohol motifs (C(OH)–C–C–N with tert-alkyl or cyclic N) is 1. The number of nitrogens with zero attached hydrogens (tertiary/aromatic N) is 4. The zero-order chi connectivity index (χ0) is 15.7. The van der Waals surface area contributed by atoms with Gasteiger partial charge in [0.15, 0.2) is 0 Å². The first-order valence-electron chi connectivity index (χ1n) is 7.35. The van der Waals surface area contributed by atoms with Gasteiger partial charge in [0.2, 0.25) is 0 Å². The molecule has 1 N–H and O–H groups in total. The Hall–Kier alpha value is -2.05. The Bertz CT molecular complexity index is 698. The van der Waals surface area contributed by atoms with E-state index in [2.05, 4.69) is 9.97 Å². The molecule has 0 saturated carbocycles. The van der Waals surface area contributed by atoms with Gasteiger partial charge < -0.3 is 14.9 Å². The second kappa shape index (κ2) is 5.62. The fourth-order valence-corrected chi connectivity index (χ4v) is 3.08. The van der Waals surface area contributed by atoms with Crippen LogP contribution in [-0.4, -0.2) is 70.1 Å². The topological polar surface area (TPSA) is 69.6 Å². The minimum absolute atomic E-state index is 0.0965. The molecular weight excluding hydrogens is 280 g/mol. The Balaban J connectivity index is 1.85. The first-order valence-corrected chi connectivity index (χ1v) is 7.35. The van der Waals surface area contributed by atoms with Gasteiger partial charge in [0.25, 0.3) is 5.91 Å². The maximum atomic E-state index is 12.8. The van der Waals surface area contributed by atoms with Crippen molar-refractivity contribution in [2.45, 2.75) is 12.0 Å². The van der Waals surface area contributed by atoms with E-state index < -0.39 is 5.60 Å². The zero-order valence-electron chi connectivity index (χ0n) is 12.9. The number of likely N-dealkylation sites (N-methyl/N-ethyl adjacent to an activating group) is 1. The van der Waals surface area contributed by atoms with Crippen LogP contribution in [0.1, 0.15) is 16.8 Å². The van der Waals surface area contributed by atoms with Crippen molar-refractivity contribution in [1.29, 1.82) is 0 Å². The van der Waals surface area contributed by atoms with E-state index in [0.717, 1.165) is 0 Å². The molecule has 0 bridgehead atoms. The van der Waals surface area contributed by atoms with Crippen LogP contribution in [0.4, 0.5) is 0 Å². The fourth-order valence-electron chi connectivity index (χ4n) is 3.08. The summed E-state index contributed by atoms with van der Waals surface area (Å²) in [5.41, 5.74) is 1.02. The summed E-state index contributed by atoms with van der Waals surface area (Å²) in [7, 11) is 3.84. The van der Waals surface area contributed by atoms with Crippen LogP contribution in [0, 0.1) is 0 Å². The third kappa shape index (κ3) is 2.80. The molecule has 1 aliphatic rings. The first kappa shape index (κ1) is 14.9. The number of rotatable bonds is 3. The summed E-state index contributed by atoms with van der Waals surface area (Å²) >= 11 is 0. The highest BCUT2D eigenvalue weighted by Crippen LogP contribution is 2.25. The SMILES string of the molecule is CN(C)C[C@@]1(O)CCN(C(=O)c2cccc3nccnc23)C1. The Labute approximate surface area is 129 Å². The molecule has 1 aliphatic heterocycles. The lowest BCUT2D eigenvalue weighted by molar-refractivity contribution is 0.0236. The molecule has 0 aliphatic carbocycles. The molecule has 1 fully saturated rings. The Morgan fingerprint density at radius 3 is 2.91 bits per heavy atom. The van der Waals surface area contributed by atoms with Gasteiger partial charge in [0, 0.05) is 25.5 Å². The van der Waals surface area contributed by atoms with Crippen LogP contribution in [-0.2, 0) is 0 Å². The average molecular weight is 300 g/mol. The highest BCUT2D eigenvalue weighted by molar-refractivity contribution is 6.04. The van der Waals surface area contributed by atoms with Crippen molar-refractivity contribution in [2.24, 2.45) is 0 Å². The molecule has 2 heterocycles. The molecule has 6 heteroatoms. The monoisotopic (exact) mass is 300 g/mol. The number of aromatic nitrogens is 2.